The molecule has 0 aliphatic carbocycles. The van der Waals surface area contributed by atoms with Crippen LogP contribution in [0.5, 0.6) is 5.75 Å². The zero-order valence-corrected chi connectivity index (χ0v) is 16.2. The first kappa shape index (κ1) is 18.9. The first-order valence-electron chi connectivity index (χ1n) is 9.84. The van der Waals surface area contributed by atoms with Gasteiger partial charge in [-0.2, -0.15) is 0 Å². The number of benzene rings is 2. The predicted octanol–water partition coefficient (Wildman–Crippen LogP) is 4.40. The first-order valence-corrected chi connectivity index (χ1v) is 9.84. The van der Waals surface area contributed by atoms with E-state index < -0.39 is 0 Å². The summed E-state index contributed by atoms with van der Waals surface area (Å²) in [5.74, 6) is 1.66. The molecular formula is C23H32N2O. The summed E-state index contributed by atoms with van der Waals surface area (Å²) in [6.45, 7) is 5.20. The van der Waals surface area contributed by atoms with Crippen LogP contribution in [-0.2, 0) is 6.54 Å². The Morgan fingerprint density at radius 1 is 1.08 bits per heavy atom. The van der Waals surface area contributed by atoms with E-state index in [2.05, 4.69) is 78.5 Å². The summed E-state index contributed by atoms with van der Waals surface area (Å²) < 4.78 is 5.93. The maximum absolute atomic E-state index is 5.93. The van der Waals surface area contributed by atoms with Gasteiger partial charge in [-0.05, 0) is 69.1 Å². The molecule has 140 valence electrons. The van der Waals surface area contributed by atoms with E-state index in [0.717, 1.165) is 38.4 Å². The van der Waals surface area contributed by atoms with Crippen LogP contribution in [0.15, 0.2) is 54.6 Å². The van der Waals surface area contributed by atoms with Crippen molar-refractivity contribution in [3.8, 4) is 5.75 Å². The van der Waals surface area contributed by atoms with E-state index in [1.807, 2.05) is 0 Å². The number of nitrogens with zero attached hydrogens (tertiary/aromatic N) is 2. The van der Waals surface area contributed by atoms with Gasteiger partial charge in [0.1, 0.15) is 5.75 Å². The van der Waals surface area contributed by atoms with Crippen molar-refractivity contribution in [2.75, 3.05) is 40.3 Å². The van der Waals surface area contributed by atoms with Gasteiger partial charge >= 0.3 is 0 Å². The molecule has 3 rings (SSSR count). The predicted molar refractivity (Wildman–Crippen MR) is 109 cm³/mol. The fraction of sp³-hybridized carbons (Fsp3) is 0.478. The number of rotatable bonds is 8. The van der Waals surface area contributed by atoms with Gasteiger partial charge in [-0.25, -0.2) is 0 Å². The number of likely N-dealkylation sites (tertiary alicyclic amines) is 1. The first-order chi connectivity index (χ1) is 12.7. The van der Waals surface area contributed by atoms with E-state index in [-0.39, 0.29) is 0 Å². The van der Waals surface area contributed by atoms with Crippen LogP contribution in [0.1, 0.15) is 36.3 Å². The van der Waals surface area contributed by atoms with Crippen molar-refractivity contribution in [2.45, 2.75) is 31.7 Å². The Bertz CT molecular complexity index is 656. The summed E-state index contributed by atoms with van der Waals surface area (Å²) >= 11 is 0. The number of ether oxygens (including phenoxy) is 1. The Hall–Kier alpha value is -1.84. The zero-order chi connectivity index (χ0) is 18.2. The molecule has 0 aromatic heterocycles. The van der Waals surface area contributed by atoms with Gasteiger partial charge in [0, 0.05) is 19.6 Å². The van der Waals surface area contributed by atoms with Crippen molar-refractivity contribution in [1.82, 2.24) is 9.80 Å². The normalized spacial score (nSPS) is 18.2. The van der Waals surface area contributed by atoms with Gasteiger partial charge in [0.15, 0.2) is 0 Å². The molecule has 3 heteroatoms. The van der Waals surface area contributed by atoms with E-state index >= 15 is 0 Å². The summed E-state index contributed by atoms with van der Waals surface area (Å²) in [5, 5.41) is 0. The molecule has 1 atom stereocenters. The summed E-state index contributed by atoms with van der Waals surface area (Å²) in [5.41, 5.74) is 2.83. The average Bonchev–Trinajstić information content (AvgIpc) is 2.66. The lowest BCUT2D eigenvalue weighted by atomic mass is 9.90. The third kappa shape index (κ3) is 5.86. The molecule has 3 nitrogen and oxygen atoms in total. The Morgan fingerprint density at radius 3 is 2.73 bits per heavy atom. The molecule has 1 aliphatic rings. The molecule has 0 bridgehead atoms. The monoisotopic (exact) mass is 352 g/mol. The number of hydrogen-bond donors (Lipinski definition) is 0. The highest BCUT2D eigenvalue weighted by atomic mass is 16.5. The molecule has 2 aromatic carbocycles. The van der Waals surface area contributed by atoms with E-state index in [4.69, 9.17) is 4.74 Å². The largest absolute Gasteiger partial charge is 0.494 e. The second kappa shape index (κ2) is 9.75. The van der Waals surface area contributed by atoms with Crippen molar-refractivity contribution in [1.29, 1.82) is 0 Å². The van der Waals surface area contributed by atoms with E-state index in [0.29, 0.717) is 5.92 Å². The van der Waals surface area contributed by atoms with Crippen molar-refractivity contribution in [2.24, 2.45) is 0 Å². The maximum Gasteiger partial charge on any atom is 0.119 e. The minimum Gasteiger partial charge on any atom is -0.494 e. The van der Waals surface area contributed by atoms with Crippen LogP contribution < -0.4 is 4.74 Å². The van der Waals surface area contributed by atoms with Crippen LogP contribution in [0.2, 0.25) is 0 Å². The van der Waals surface area contributed by atoms with Gasteiger partial charge in [0.05, 0.1) is 6.61 Å². The van der Waals surface area contributed by atoms with Crippen molar-refractivity contribution < 1.29 is 4.74 Å². The number of piperidine rings is 1. The summed E-state index contributed by atoms with van der Waals surface area (Å²) in [7, 11) is 4.20. The van der Waals surface area contributed by atoms with Gasteiger partial charge in [0.2, 0.25) is 0 Å². The minimum absolute atomic E-state index is 0.662. The van der Waals surface area contributed by atoms with Crippen LogP contribution in [0.25, 0.3) is 0 Å². The Balaban J connectivity index is 1.52. The van der Waals surface area contributed by atoms with Crippen molar-refractivity contribution >= 4 is 0 Å². The average molecular weight is 353 g/mol. The second-order valence-corrected chi connectivity index (χ2v) is 7.64. The van der Waals surface area contributed by atoms with E-state index in [1.54, 1.807) is 0 Å². The van der Waals surface area contributed by atoms with Gasteiger partial charge in [-0.15, -0.1) is 0 Å². The lowest BCUT2D eigenvalue weighted by Crippen LogP contribution is -2.33. The van der Waals surface area contributed by atoms with Crippen molar-refractivity contribution in [3.63, 3.8) is 0 Å². The number of hydrogen-bond acceptors (Lipinski definition) is 3. The minimum atomic E-state index is 0.662. The molecule has 2 aromatic rings. The molecular weight excluding hydrogens is 320 g/mol. The molecule has 1 aliphatic heterocycles. The van der Waals surface area contributed by atoms with Crippen LogP contribution in [0.3, 0.4) is 0 Å². The summed E-state index contributed by atoms with van der Waals surface area (Å²) in [4.78, 5) is 4.78. The molecule has 26 heavy (non-hydrogen) atoms. The lowest BCUT2D eigenvalue weighted by molar-refractivity contribution is 0.200. The van der Waals surface area contributed by atoms with Crippen LogP contribution >= 0.6 is 0 Å². The molecule has 1 fully saturated rings. The second-order valence-electron chi connectivity index (χ2n) is 7.64. The molecule has 0 spiro atoms. The quantitative estimate of drug-likeness (QED) is 0.655. The molecule has 1 heterocycles. The Labute approximate surface area is 158 Å². The fourth-order valence-corrected chi connectivity index (χ4v) is 3.76. The third-order valence-corrected chi connectivity index (χ3v) is 5.10. The smallest absolute Gasteiger partial charge is 0.119 e. The molecule has 0 unspecified atom stereocenters. The van der Waals surface area contributed by atoms with Crippen molar-refractivity contribution in [3.05, 3.63) is 65.7 Å². The molecule has 0 amide bonds. The highest BCUT2D eigenvalue weighted by Gasteiger charge is 2.21. The van der Waals surface area contributed by atoms with E-state index in [9.17, 15) is 0 Å². The maximum atomic E-state index is 5.93. The zero-order valence-electron chi connectivity index (χ0n) is 16.2. The van der Waals surface area contributed by atoms with Gasteiger partial charge in [-0.1, -0.05) is 42.5 Å². The molecule has 0 saturated carbocycles. The topological polar surface area (TPSA) is 15.7 Å². The highest BCUT2D eigenvalue weighted by molar-refractivity contribution is 5.28. The van der Waals surface area contributed by atoms with Crippen LogP contribution in [0.4, 0.5) is 0 Å². The highest BCUT2D eigenvalue weighted by Crippen LogP contribution is 2.28. The van der Waals surface area contributed by atoms with E-state index in [1.165, 1.54) is 30.5 Å². The Kier molecular flexibility index (Phi) is 7.10. The third-order valence-electron chi connectivity index (χ3n) is 5.10. The molecule has 0 radical (unpaired) electrons. The lowest BCUT2D eigenvalue weighted by Gasteiger charge is -2.33. The summed E-state index contributed by atoms with van der Waals surface area (Å²) in [6.07, 6.45) is 3.64. The molecule has 1 saturated heterocycles. The SMILES string of the molecule is CN(C)CCCOc1cccc(CN2CCC[C@@H](c3ccccc3)C2)c1. The van der Waals surface area contributed by atoms with Crippen LogP contribution in [-0.4, -0.2) is 50.1 Å². The molecule has 0 N–H and O–H groups in total. The van der Waals surface area contributed by atoms with Gasteiger partial charge < -0.3 is 9.64 Å². The standard InChI is InChI=1S/C23H32N2O/c1-24(2)14-8-16-26-23-13-6-9-20(17-23)18-25-15-7-12-22(19-25)21-10-4-3-5-11-21/h3-6,9-11,13,17,22H,7-8,12,14-16,18-19H2,1-2H3/t22-/m1/s1. The fourth-order valence-electron chi connectivity index (χ4n) is 3.76. The Morgan fingerprint density at radius 2 is 1.92 bits per heavy atom. The summed E-state index contributed by atoms with van der Waals surface area (Å²) in [6, 6.07) is 19.6. The van der Waals surface area contributed by atoms with Crippen LogP contribution in [0, 0.1) is 0 Å². The van der Waals surface area contributed by atoms with Gasteiger partial charge in [-0.3, -0.25) is 4.90 Å². The van der Waals surface area contributed by atoms with Gasteiger partial charge in [0.25, 0.3) is 0 Å².